The largest absolute Gasteiger partial charge is 0.471 e. The fourth-order valence-corrected chi connectivity index (χ4v) is 8.09. The molecular formula is C45H59F3N8O8S. The highest BCUT2D eigenvalue weighted by Crippen LogP contribution is 2.31. The second-order valence-corrected chi connectivity index (χ2v) is 18.0. The van der Waals surface area contributed by atoms with Crippen molar-refractivity contribution in [3.63, 3.8) is 0 Å². The van der Waals surface area contributed by atoms with Crippen LogP contribution in [-0.2, 0) is 30.0 Å². The third kappa shape index (κ3) is 14.4. The van der Waals surface area contributed by atoms with Crippen LogP contribution in [0.1, 0.15) is 87.9 Å². The van der Waals surface area contributed by atoms with E-state index in [9.17, 15) is 37.5 Å². The second-order valence-electron chi connectivity index (χ2n) is 17.1. The first kappa shape index (κ1) is 50.7. The van der Waals surface area contributed by atoms with Gasteiger partial charge in [-0.2, -0.15) is 18.2 Å². The number of likely N-dealkylation sites (tertiary alicyclic amines) is 1. The van der Waals surface area contributed by atoms with E-state index in [2.05, 4.69) is 40.5 Å². The zero-order chi connectivity index (χ0) is 47.5. The predicted octanol–water partition coefficient (Wildman–Crippen LogP) is 5.42. The lowest BCUT2D eigenvalue weighted by molar-refractivity contribution is -0.159. The Bertz CT molecular complexity index is 2200. The number of thiazole rings is 1. The minimum absolute atomic E-state index is 0.00968. The SMILES string of the molecule is CCN(CCOCCOCCC(=O)N[C@H](C(=O)N1C[C@H](O)C[C@H]1C(=O)N[C@@H](C)c1ccc(-c2scnc2C)cc1)C(C)(C)C)C[C@@H](C)NC(=O)c1ccc(-c2noc(C(F)(F)F)n2)cc1. The number of likely N-dealkylation sites (N-methyl/N-ethyl adjacent to an activating group) is 1. The average Bonchev–Trinajstić information content (AvgIpc) is 4.03. The van der Waals surface area contributed by atoms with Crippen molar-refractivity contribution in [2.24, 2.45) is 5.41 Å². The first-order valence-corrected chi connectivity index (χ1v) is 22.4. The number of nitrogens with zero attached hydrogens (tertiary/aromatic N) is 5. The summed E-state index contributed by atoms with van der Waals surface area (Å²) < 4.78 is 54.1. The Morgan fingerprint density at radius 3 is 2.22 bits per heavy atom. The minimum Gasteiger partial charge on any atom is -0.391 e. The lowest BCUT2D eigenvalue weighted by Gasteiger charge is -2.35. The van der Waals surface area contributed by atoms with E-state index in [1.807, 2.05) is 72.7 Å². The van der Waals surface area contributed by atoms with Crippen LogP contribution in [0.15, 0.2) is 58.6 Å². The van der Waals surface area contributed by atoms with Gasteiger partial charge in [0.05, 0.1) is 54.7 Å². The highest BCUT2D eigenvalue weighted by molar-refractivity contribution is 7.13. The highest BCUT2D eigenvalue weighted by Gasteiger charge is 2.45. The summed E-state index contributed by atoms with van der Waals surface area (Å²) in [6, 6.07) is 11.2. The number of halogens is 3. The predicted molar refractivity (Wildman–Crippen MR) is 236 cm³/mol. The number of rotatable bonds is 21. The van der Waals surface area contributed by atoms with Crippen LogP contribution in [0.3, 0.4) is 0 Å². The van der Waals surface area contributed by atoms with Gasteiger partial charge in [-0.3, -0.25) is 24.1 Å². The van der Waals surface area contributed by atoms with Crippen LogP contribution < -0.4 is 16.0 Å². The number of hydrogen-bond acceptors (Lipinski definition) is 13. The van der Waals surface area contributed by atoms with Gasteiger partial charge in [-0.25, -0.2) is 4.98 Å². The van der Waals surface area contributed by atoms with Gasteiger partial charge in [0, 0.05) is 49.6 Å². The Morgan fingerprint density at radius 1 is 0.954 bits per heavy atom. The Morgan fingerprint density at radius 2 is 1.62 bits per heavy atom. The number of β-amino-alcohol motifs (C(OH)–C–C–N with tert-alkyl or cyclic N) is 1. The monoisotopic (exact) mass is 928 g/mol. The number of ether oxygens (including phenoxy) is 2. The van der Waals surface area contributed by atoms with E-state index in [-0.39, 0.29) is 74.5 Å². The summed E-state index contributed by atoms with van der Waals surface area (Å²) in [5.74, 6) is -3.26. The van der Waals surface area contributed by atoms with E-state index >= 15 is 0 Å². The van der Waals surface area contributed by atoms with Crippen molar-refractivity contribution in [1.82, 2.24) is 40.9 Å². The summed E-state index contributed by atoms with van der Waals surface area (Å²) in [7, 11) is 0. The standard InChI is InChI=1S/C45H59F3N8O8S/c1-8-55(24-27(2)50-40(59)33-15-13-32(14-16-33)39-53-43(64-54-39)45(46,47)48)18-20-63-22-21-62-19-17-36(58)52-38(44(5,6)7)42(61)56-25-34(57)23-35(56)41(60)51-28(3)30-9-11-31(12-10-30)37-29(4)49-26-65-37/h9-16,26-28,34-35,38,57H,8,17-25H2,1-7H3,(H,50,59)(H,51,60)(H,52,58)/t27-,28+,34-,35+,38-/m1/s1. The van der Waals surface area contributed by atoms with E-state index in [0.29, 0.717) is 31.8 Å². The molecule has 1 saturated heterocycles. The van der Waals surface area contributed by atoms with Crippen LogP contribution in [0.2, 0.25) is 0 Å². The number of aryl methyl sites for hydroxylation is 1. The molecule has 2 aromatic carbocycles. The van der Waals surface area contributed by atoms with Gasteiger partial charge in [0.15, 0.2) is 0 Å². The zero-order valence-corrected chi connectivity index (χ0v) is 38.6. The molecule has 0 saturated carbocycles. The van der Waals surface area contributed by atoms with Crippen molar-refractivity contribution in [2.45, 2.75) is 97.8 Å². The quantitative estimate of drug-likeness (QED) is 0.0775. The summed E-state index contributed by atoms with van der Waals surface area (Å²) in [4.78, 5) is 65.8. The minimum atomic E-state index is -4.76. The van der Waals surface area contributed by atoms with Crippen molar-refractivity contribution in [2.75, 3.05) is 52.6 Å². The van der Waals surface area contributed by atoms with Crippen LogP contribution >= 0.6 is 11.3 Å². The lowest BCUT2D eigenvalue weighted by atomic mass is 9.85. The number of nitrogens with one attached hydrogen (secondary N) is 3. The summed E-state index contributed by atoms with van der Waals surface area (Å²) >= 11 is 1.56. The molecule has 5 rings (SSSR count). The third-order valence-electron chi connectivity index (χ3n) is 10.9. The van der Waals surface area contributed by atoms with E-state index < -0.39 is 47.5 Å². The van der Waals surface area contributed by atoms with E-state index in [1.54, 1.807) is 16.8 Å². The Balaban J connectivity index is 0.988. The number of aromatic nitrogens is 3. The molecule has 3 heterocycles. The topological polar surface area (TPSA) is 201 Å². The number of aliphatic hydroxyl groups excluding tert-OH is 1. The molecule has 4 N–H and O–H groups in total. The molecule has 65 heavy (non-hydrogen) atoms. The van der Waals surface area contributed by atoms with Crippen LogP contribution in [0, 0.1) is 12.3 Å². The highest BCUT2D eigenvalue weighted by atomic mass is 32.1. The third-order valence-corrected chi connectivity index (χ3v) is 11.9. The number of carbonyl (C=O) groups excluding carboxylic acids is 4. The maximum atomic E-state index is 14.0. The first-order chi connectivity index (χ1) is 30.7. The van der Waals surface area contributed by atoms with Crippen molar-refractivity contribution >= 4 is 35.0 Å². The summed E-state index contributed by atoms with van der Waals surface area (Å²) in [6.07, 6.45) is -5.58. The molecule has 0 unspecified atom stereocenters. The normalized spacial score (nSPS) is 16.9. The lowest BCUT2D eigenvalue weighted by Crippen LogP contribution is -2.58. The molecule has 354 valence electrons. The molecule has 4 aromatic rings. The smallest absolute Gasteiger partial charge is 0.391 e. The van der Waals surface area contributed by atoms with Gasteiger partial charge >= 0.3 is 12.1 Å². The Kier molecular flexibility index (Phi) is 17.8. The molecule has 0 radical (unpaired) electrons. The molecule has 0 bridgehead atoms. The molecule has 0 aliphatic carbocycles. The van der Waals surface area contributed by atoms with Crippen molar-refractivity contribution in [3.8, 4) is 21.8 Å². The van der Waals surface area contributed by atoms with Gasteiger partial charge in [0.1, 0.15) is 12.1 Å². The molecule has 1 fully saturated rings. The molecule has 20 heteroatoms. The molecule has 2 aromatic heterocycles. The van der Waals surface area contributed by atoms with E-state index in [1.165, 1.54) is 29.2 Å². The number of carbonyl (C=O) groups is 4. The maximum Gasteiger partial charge on any atom is 0.471 e. The van der Waals surface area contributed by atoms with Crippen molar-refractivity contribution in [3.05, 3.63) is 76.8 Å². The molecule has 5 atom stereocenters. The second kappa shape index (κ2) is 22.8. The summed E-state index contributed by atoms with van der Waals surface area (Å²) in [5, 5.41) is 22.7. The fourth-order valence-electron chi connectivity index (χ4n) is 7.27. The van der Waals surface area contributed by atoms with Gasteiger partial charge in [0.25, 0.3) is 5.91 Å². The number of hydrogen-bond donors (Lipinski definition) is 4. The van der Waals surface area contributed by atoms with Crippen molar-refractivity contribution < 1.29 is 51.5 Å². The average molecular weight is 929 g/mol. The number of alkyl halides is 3. The molecule has 1 aliphatic heterocycles. The summed E-state index contributed by atoms with van der Waals surface area (Å²) in [5.41, 5.74) is 4.55. The van der Waals surface area contributed by atoms with Crippen LogP contribution in [0.25, 0.3) is 21.8 Å². The van der Waals surface area contributed by atoms with Gasteiger partial charge < -0.3 is 40.0 Å². The molecule has 0 spiro atoms. The van der Waals surface area contributed by atoms with Crippen LogP contribution in [-0.4, -0.2) is 130 Å². The van der Waals surface area contributed by atoms with Gasteiger partial charge in [-0.15, -0.1) is 11.3 Å². The Hall–Kier alpha value is -5.28. The number of aliphatic hydroxyl groups is 1. The Labute approximate surface area is 380 Å². The zero-order valence-electron chi connectivity index (χ0n) is 37.7. The maximum absolute atomic E-state index is 14.0. The number of benzene rings is 2. The molecular weight excluding hydrogens is 870 g/mol. The molecule has 16 nitrogen and oxygen atoms in total. The molecule has 1 aliphatic rings. The van der Waals surface area contributed by atoms with Crippen LogP contribution in [0.5, 0.6) is 0 Å². The van der Waals surface area contributed by atoms with E-state index in [4.69, 9.17) is 9.47 Å². The van der Waals surface area contributed by atoms with Crippen molar-refractivity contribution in [1.29, 1.82) is 0 Å². The summed E-state index contributed by atoms with van der Waals surface area (Å²) in [6.45, 7) is 15.9. The first-order valence-electron chi connectivity index (χ1n) is 21.5. The van der Waals surface area contributed by atoms with Gasteiger partial charge in [-0.1, -0.05) is 69.2 Å². The van der Waals surface area contributed by atoms with Crippen LogP contribution in [0.4, 0.5) is 13.2 Å². The van der Waals surface area contributed by atoms with Gasteiger partial charge in [-0.05, 0) is 56.0 Å². The molecule has 4 amide bonds. The van der Waals surface area contributed by atoms with Gasteiger partial charge in [0.2, 0.25) is 23.5 Å². The van der Waals surface area contributed by atoms with E-state index in [0.717, 1.165) is 21.7 Å². The fraction of sp³-hybridized carbons (Fsp3) is 0.533. The number of amides is 4.